The summed E-state index contributed by atoms with van der Waals surface area (Å²) < 4.78 is 11.1. The maximum atomic E-state index is 11.9. The summed E-state index contributed by atoms with van der Waals surface area (Å²) in [7, 11) is 0. The quantitative estimate of drug-likeness (QED) is 0.629. The van der Waals surface area contributed by atoms with Crippen molar-refractivity contribution in [3.63, 3.8) is 0 Å². The highest BCUT2D eigenvalue weighted by molar-refractivity contribution is 6.31. The van der Waals surface area contributed by atoms with Gasteiger partial charge in [-0.15, -0.1) is 0 Å². The van der Waals surface area contributed by atoms with E-state index < -0.39 is 0 Å². The Morgan fingerprint density at radius 1 is 0.962 bits per heavy atom. The SMILES string of the molecule is Cc1ccc(OCCNC(=O)COc2ccc3ccccc3c2)cc1Cl. The number of hydrogen-bond donors (Lipinski definition) is 1. The van der Waals surface area contributed by atoms with E-state index >= 15 is 0 Å². The number of carbonyl (C=O) groups is 1. The molecule has 0 aliphatic rings. The van der Waals surface area contributed by atoms with Crippen molar-refractivity contribution in [3.05, 3.63) is 71.2 Å². The number of aryl methyl sites for hydroxylation is 1. The van der Waals surface area contributed by atoms with Gasteiger partial charge in [0, 0.05) is 5.02 Å². The number of carbonyl (C=O) groups excluding carboxylic acids is 1. The van der Waals surface area contributed by atoms with Crippen LogP contribution in [0.3, 0.4) is 0 Å². The average Bonchev–Trinajstić information content (AvgIpc) is 2.66. The molecule has 0 aromatic heterocycles. The molecule has 134 valence electrons. The summed E-state index contributed by atoms with van der Waals surface area (Å²) in [6, 6.07) is 19.3. The Morgan fingerprint density at radius 3 is 2.50 bits per heavy atom. The van der Waals surface area contributed by atoms with Crippen LogP contribution in [0.4, 0.5) is 0 Å². The van der Waals surface area contributed by atoms with Crippen LogP contribution < -0.4 is 14.8 Å². The van der Waals surface area contributed by atoms with E-state index in [1.54, 1.807) is 6.07 Å². The fourth-order valence-electron chi connectivity index (χ4n) is 2.48. The Kier molecular flexibility index (Phi) is 5.97. The van der Waals surface area contributed by atoms with Crippen LogP contribution in [0.1, 0.15) is 5.56 Å². The molecule has 3 aromatic rings. The van der Waals surface area contributed by atoms with Crippen molar-refractivity contribution in [2.45, 2.75) is 6.92 Å². The summed E-state index contributed by atoms with van der Waals surface area (Å²) in [5.41, 5.74) is 0.998. The molecule has 5 heteroatoms. The highest BCUT2D eigenvalue weighted by Gasteiger charge is 2.04. The fourth-order valence-corrected chi connectivity index (χ4v) is 2.65. The Morgan fingerprint density at radius 2 is 1.69 bits per heavy atom. The molecule has 0 atom stereocenters. The second-order valence-corrected chi connectivity index (χ2v) is 6.31. The monoisotopic (exact) mass is 369 g/mol. The summed E-state index contributed by atoms with van der Waals surface area (Å²) >= 11 is 6.05. The van der Waals surface area contributed by atoms with Crippen molar-refractivity contribution in [1.29, 1.82) is 0 Å². The molecular formula is C21H20ClNO3. The third kappa shape index (κ3) is 4.90. The second-order valence-electron chi connectivity index (χ2n) is 5.91. The lowest BCUT2D eigenvalue weighted by Gasteiger charge is -2.10. The topological polar surface area (TPSA) is 47.6 Å². The first-order valence-electron chi connectivity index (χ1n) is 8.39. The third-order valence-electron chi connectivity index (χ3n) is 3.93. The van der Waals surface area contributed by atoms with Gasteiger partial charge in [0.15, 0.2) is 6.61 Å². The zero-order valence-electron chi connectivity index (χ0n) is 14.5. The molecule has 0 radical (unpaired) electrons. The van der Waals surface area contributed by atoms with Gasteiger partial charge in [0.25, 0.3) is 5.91 Å². The van der Waals surface area contributed by atoms with Crippen molar-refractivity contribution in [1.82, 2.24) is 5.32 Å². The Labute approximate surface area is 157 Å². The minimum Gasteiger partial charge on any atom is -0.492 e. The normalized spacial score (nSPS) is 10.5. The third-order valence-corrected chi connectivity index (χ3v) is 4.33. The van der Waals surface area contributed by atoms with Crippen LogP contribution in [0.25, 0.3) is 10.8 Å². The predicted octanol–water partition coefficient (Wildman–Crippen LogP) is 4.38. The number of benzene rings is 3. The van der Waals surface area contributed by atoms with Crippen LogP contribution >= 0.6 is 11.6 Å². The van der Waals surface area contributed by atoms with Gasteiger partial charge in [0.05, 0.1) is 6.54 Å². The molecule has 3 aromatic carbocycles. The van der Waals surface area contributed by atoms with Crippen LogP contribution in [0, 0.1) is 6.92 Å². The van der Waals surface area contributed by atoms with Crippen LogP contribution in [0.15, 0.2) is 60.7 Å². The molecule has 0 fully saturated rings. The smallest absolute Gasteiger partial charge is 0.258 e. The van der Waals surface area contributed by atoms with Gasteiger partial charge in [-0.2, -0.15) is 0 Å². The van der Waals surface area contributed by atoms with Crippen molar-refractivity contribution >= 4 is 28.3 Å². The Bertz CT molecular complexity index is 911. The van der Waals surface area contributed by atoms with E-state index in [9.17, 15) is 4.79 Å². The summed E-state index contributed by atoms with van der Waals surface area (Å²) in [6.07, 6.45) is 0. The second kappa shape index (κ2) is 8.59. The Hall–Kier alpha value is -2.72. The van der Waals surface area contributed by atoms with Gasteiger partial charge in [-0.05, 0) is 47.5 Å². The molecule has 26 heavy (non-hydrogen) atoms. The van der Waals surface area contributed by atoms with E-state index in [4.69, 9.17) is 21.1 Å². The number of amides is 1. The number of hydrogen-bond acceptors (Lipinski definition) is 3. The van der Waals surface area contributed by atoms with Crippen LogP contribution in [-0.2, 0) is 4.79 Å². The maximum Gasteiger partial charge on any atom is 0.258 e. The predicted molar refractivity (Wildman–Crippen MR) is 104 cm³/mol. The van der Waals surface area contributed by atoms with E-state index in [0.29, 0.717) is 29.7 Å². The molecule has 0 heterocycles. The van der Waals surface area contributed by atoms with E-state index in [2.05, 4.69) is 5.32 Å². The molecule has 3 rings (SSSR count). The van der Waals surface area contributed by atoms with Crippen molar-refractivity contribution in [3.8, 4) is 11.5 Å². The average molecular weight is 370 g/mol. The molecule has 0 unspecified atom stereocenters. The van der Waals surface area contributed by atoms with Crippen molar-refractivity contribution in [2.24, 2.45) is 0 Å². The highest BCUT2D eigenvalue weighted by Crippen LogP contribution is 2.22. The first kappa shape index (κ1) is 18.1. The van der Waals surface area contributed by atoms with Gasteiger partial charge in [0.2, 0.25) is 0 Å². The largest absolute Gasteiger partial charge is 0.492 e. The standard InChI is InChI=1S/C21H20ClNO3/c1-15-6-8-19(13-20(15)22)25-11-10-23-21(24)14-26-18-9-7-16-4-2-3-5-17(16)12-18/h2-9,12-13H,10-11,14H2,1H3,(H,23,24). The summed E-state index contributed by atoms with van der Waals surface area (Å²) in [5, 5.41) is 5.64. The van der Waals surface area contributed by atoms with E-state index in [1.807, 2.05) is 61.5 Å². The lowest BCUT2D eigenvalue weighted by molar-refractivity contribution is -0.123. The molecule has 0 saturated carbocycles. The zero-order chi connectivity index (χ0) is 18.4. The molecule has 0 aliphatic heterocycles. The molecule has 0 spiro atoms. The number of rotatable bonds is 7. The van der Waals surface area contributed by atoms with Gasteiger partial charge in [0.1, 0.15) is 18.1 Å². The van der Waals surface area contributed by atoms with Crippen LogP contribution in [0.2, 0.25) is 5.02 Å². The van der Waals surface area contributed by atoms with Gasteiger partial charge in [-0.1, -0.05) is 48.0 Å². The van der Waals surface area contributed by atoms with Crippen LogP contribution in [-0.4, -0.2) is 25.7 Å². The van der Waals surface area contributed by atoms with Crippen molar-refractivity contribution in [2.75, 3.05) is 19.8 Å². The van der Waals surface area contributed by atoms with E-state index in [1.165, 1.54) is 0 Å². The molecular weight excluding hydrogens is 350 g/mol. The summed E-state index contributed by atoms with van der Waals surface area (Å²) in [4.78, 5) is 11.9. The molecule has 0 aliphatic carbocycles. The molecule has 4 nitrogen and oxygen atoms in total. The summed E-state index contributed by atoms with van der Waals surface area (Å²) in [6.45, 7) is 2.66. The number of fused-ring (bicyclic) bond motifs is 1. The molecule has 1 amide bonds. The minimum absolute atomic E-state index is 0.0330. The zero-order valence-corrected chi connectivity index (χ0v) is 15.3. The van der Waals surface area contributed by atoms with Gasteiger partial charge in [-0.3, -0.25) is 4.79 Å². The molecule has 1 N–H and O–H groups in total. The lowest BCUT2D eigenvalue weighted by Crippen LogP contribution is -2.32. The first-order valence-corrected chi connectivity index (χ1v) is 8.77. The fraction of sp³-hybridized carbons (Fsp3) is 0.190. The lowest BCUT2D eigenvalue weighted by atomic mass is 10.1. The summed E-state index contributed by atoms with van der Waals surface area (Å²) in [5.74, 6) is 1.16. The first-order chi connectivity index (χ1) is 12.6. The van der Waals surface area contributed by atoms with Gasteiger partial charge >= 0.3 is 0 Å². The van der Waals surface area contributed by atoms with Gasteiger partial charge in [-0.25, -0.2) is 0 Å². The number of nitrogens with one attached hydrogen (secondary N) is 1. The van der Waals surface area contributed by atoms with Crippen LogP contribution in [0.5, 0.6) is 11.5 Å². The molecule has 0 saturated heterocycles. The van der Waals surface area contributed by atoms with E-state index in [-0.39, 0.29) is 12.5 Å². The van der Waals surface area contributed by atoms with Gasteiger partial charge < -0.3 is 14.8 Å². The van der Waals surface area contributed by atoms with E-state index in [0.717, 1.165) is 16.3 Å². The minimum atomic E-state index is -0.191. The maximum absolute atomic E-state index is 11.9. The highest BCUT2D eigenvalue weighted by atomic mass is 35.5. The van der Waals surface area contributed by atoms with Crippen molar-refractivity contribution < 1.29 is 14.3 Å². The Balaban J connectivity index is 1.40. The molecule has 0 bridgehead atoms. The number of halogens is 1. The number of ether oxygens (including phenoxy) is 2.